The van der Waals surface area contributed by atoms with Gasteiger partial charge in [-0.15, -0.1) is 6.58 Å². The van der Waals surface area contributed by atoms with E-state index >= 15 is 0 Å². The Balaban J connectivity index is 2.76. The quantitative estimate of drug-likeness (QED) is 0.749. The number of ether oxygens (including phenoxy) is 1. The SMILES string of the molecule is C=CCOC1CC(C)(C)N(CCO)C(C)(C)C1. The van der Waals surface area contributed by atoms with Gasteiger partial charge in [0.15, 0.2) is 0 Å². The van der Waals surface area contributed by atoms with E-state index in [1.165, 1.54) is 0 Å². The Bertz CT molecular complexity index is 243. The number of hydrogen-bond donors (Lipinski definition) is 1. The van der Waals surface area contributed by atoms with E-state index in [0.717, 1.165) is 19.4 Å². The average molecular weight is 241 g/mol. The monoisotopic (exact) mass is 241 g/mol. The van der Waals surface area contributed by atoms with Crippen molar-refractivity contribution in [2.45, 2.75) is 57.7 Å². The first-order valence-corrected chi connectivity index (χ1v) is 6.44. The second-order valence-corrected chi connectivity index (χ2v) is 6.15. The Labute approximate surface area is 105 Å². The number of aliphatic hydroxyl groups is 1. The topological polar surface area (TPSA) is 32.7 Å². The fourth-order valence-electron chi connectivity index (χ4n) is 3.25. The molecule has 0 aromatic carbocycles. The first-order chi connectivity index (χ1) is 7.83. The molecule has 0 spiro atoms. The van der Waals surface area contributed by atoms with Gasteiger partial charge in [-0.25, -0.2) is 0 Å². The fraction of sp³-hybridized carbons (Fsp3) is 0.857. The van der Waals surface area contributed by atoms with Gasteiger partial charge in [0.25, 0.3) is 0 Å². The molecule has 3 nitrogen and oxygen atoms in total. The molecule has 1 aliphatic heterocycles. The van der Waals surface area contributed by atoms with Gasteiger partial charge in [-0.2, -0.15) is 0 Å². The summed E-state index contributed by atoms with van der Waals surface area (Å²) in [5, 5.41) is 9.20. The summed E-state index contributed by atoms with van der Waals surface area (Å²) in [6.45, 7) is 14.2. The first-order valence-electron chi connectivity index (χ1n) is 6.44. The van der Waals surface area contributed by atoms with E-state index in [9.17, 15) is 5.11 Å². The maximum atomic E-state index is 9.20. The van der Waals surface area contributed by atoms with Crippen LogP contribution in [0.2, 0.25) is 0 Å². The molecule has 17 heavy (non-hydrogen) atoms. The molecule has 1 N–H and O–H groups in total. The summed E-state index contributed by atoms with van der Waals surface area (Å²) in [6, 6.07) is 0. The number of piperidine rings is 1. The molecule has 100 valence electrons. The molecule has 1 aliphatic rings. The van der Waals surface area contributed by atoms with Crippen molar-refractivity contribution in [1.29, 1.82) is 0 Å². The lowest BCUT2D eigenvalue weighted by Crippen LogP contribution is -2.62. The minimum atomic E-state index is 0.0658. The molecule has 0 bridgehead atoms. The van der Waals surface area contributed by atoms with Gasteiger partial charge >= 0.3 is 0 Å². The van der Waals surface area contributed by atoms with Crippen molar-refractivity contribution in [3.05, 3.63) is 12.7 Å². The third kappa shape index (κ3) is 3.54. The predicted molar refractivity (Wildman–Crippen MR) is 71.1 cm³/mol. The van der Waals surface area contributed by atoms with Crippen LogP contribution in [0.4, 0.5) is 0 Å². The molecule has 1 fully saturated rings. The smallest absolute Gasteiger partial charge is 0.0648 e. The second-order valence-electron chi connectivity index (χ2n) is 6.15. The van der Waals surface area contributed by atoms with E-state index in [1.807, 2.05) is 0 Å². The number of β-amino-alcohol motifs (C(OH)–C–C–N with tert-alkyl or cyclic N) is 1. The Morgan fingerprint density at radius 1 is 1.29 bits per heavy atom. The van der Waals surface area contributed by atoms with Gasteiger partial charge in [0.1, 0.15) is 0 Å². The van der Waals surface area contributed by atoms with E-state index in [2.05, 4.69) is 39.2 Å². The van der Waals surface area contributed by atoms with Gasteiger partial charge in [-0.1, -0.05) is 6.08 Å². The zero-order valence-electron chi connectivity index (χ0n) is 11.7. The fourth-order valence-corrected chi connectivity index (χ4v) is 3.25. The summed E-state index contributed by atoms with van der Waals surface area (Å²) in [5.41, 5.74) is 0.132. The van der Waals surface area contributed by atoms with Crippen LogP contribution in [0.25, 0.3) is 0 Å². The predicted octanol–water partition coefficient (Wildman–Crippen LogP) is 2.20. The molecule has 0 aliphatic carbocycles. The summed E-state index contributed by atoms with van der Waals surface area (Å²) in [7, 11) is 0. The number of rotatable bonds is 5. The van der Waals surface area contributed by atoms with E-state index in [0.29, 0.717) is 6.61 Å². The number of likely N-dealkylation sites (tertiary alicyclic amines) is 1. The molecule has 0 radical (unpaired) electrons. The Hall–Kier alpha value is -0.380. The number of aliphatic hydroxyl groups excluding tert-OH is 1. The molecule has 0 atom stereocenters. The van der Waals surface area contributed by atoms with E-state index in [4.69, 9.17) is 4.74 Å². The normalized spacial score (nSPS) is 24.8. The summed E-state index contributed by atoms with van der Waals surface area (Å²) in [6.07, 6.45) is 4.10. The largest absolute Gasteiger partial charge is 0.395 e. The van der Waals surface area contributed by atoms with Crippen molar-refractivity contribution >= 4 is 0 Å². The van der Waals surface area contributed by atoms with Crippen LogP contribution >= 0.6 is 0 Å². The van der Waals surface area contributed by atoms with Crippen LogP contribution in [0.1, 0.15) is 40.5 Å². The van der Waals surface area contributed by atoms with Gasteiger partial charge in [0.05, 0.1) is 19.3 Å². The highest BCUT2D eigenvalue weighted by molar-refractivity contribution is 5.00. The summed E-state index contributed by atoms with van der Waals surface area (Å²) in [5.74, 6) is 0. The van der Waals surface area contributed by atoms with Crippen LogP contribution in [0, 0.1) is 0 Å². The maximum Gasteiger partial charge on any atom is 0.0648 e. The van der Waals surface area contributed by atoms with E-state index < -0.39 is 0 Å². The van der Waals surface area contributed by atoms with Gasteiger partial charge in [-0.05, 0) is 40.5 Å². The lowest BCUT2D eigenvalue weighted by Gasteiger charge is -2.55. The molecule has 0 aromatic rings. The van der Waals surface area contributed by atoms with Crippen molar-refractivity contribution in [2.75, 3.05) is 19.8 Å². The van der Waals surface area contributed by atoms with Crippen LogP contribution in [0.3, 0.4) is 0 Å². The summed E-state index contributed by atoms with van der Waals surface area (Å²) < 4.78 is 5.82. The summed E-state index contributed by atoms with van der Waals surface area (Å²) in [4.78, 5) is 2.40. The Morgan fingerprint density at radius 2 is 1.82 bits per heavy atom. The van der Waals surface area contributed by atoms with Crippen LogP contribution in [0.5, 0.6) is 0 Å². The summed E-state index contributed by atoms with van der Waals surface area (Å²) >= 11 is 0. The number of nitrogens with zero attached hydrogens (tertiary/aromatic N) is 1. The van der Waals surface area contributed by atoms with Crippen molar-refractivity contribution in [2.24, 2.45) is 0 Å². The average Bonchev–Trinajstić information content (AvgIpc) is 2.19. The molecule has 1 heterocycles. The van der Waals surface area contributed by atoms with E-state index in [-0.39, 0.29) is 23.8 Å². The molecule has 3 heteroatoms. The van der Waals surface area contributed by atoms with Crippen molar-refractivity contribution in [1.82, 2.24) is 4.90 Å². The van der Waals surface area contributed by atoms with Gasteiger partial charge in [0.2, 0.25) is 0 Å². The van der Waals surface area contributed by atoms with Gasteiger partial charge < -0.3 is 9.84 Å². The Morgan fingerprint density at radius 3 is 2.24 bits per heavy atom. The lowest BCUT2D eigenvalue weighted by atomic mass is 9.78. The zero-order chi connectivity index (χ0) is 13.1. The minimum absolute atomic E-state index is 0.0658. The minimum Gasteiger partial charge on any atom is -0.395 e. The molecule has 0 saturated carbocycles. The van der Waals surface area contributed by atoms with Crippen LogP contribution in [-0.2, 0) is 4.74 Å². The molecule has 1 saturated heterocycles. The highest BCUT2D eigenvalue weighted by Crippen LogP contribution is 2.39. The van der Waals surface area contributed by atoms with Crippen molar-refractivity contribution < 1.29 is 9.84 Å². The molecular weight excluding hydrogens is 214 g/mol. The van der Waals surface area contributed by atoms with Gasteiger partial charge in [0, 0.05) is 17.6 Å². The third-order valence-electron chi connectivity index (χ3n) is 3.69. The molecule has 1 rings (SSSR count). The maximum absolute atomic E-state index is 9.20. The lowest BCUT2D eigenvalue weighted by molar-refractivity contribution is -0.103. The number of hydrogen-bond acceptors (Lipinski definition) is 3. The highest BCUT2D eigenvalue weighted by atomic mass is 16.5. The molecule has 0 amide bonds. The molecular formula is C14H27NO2. The van der Waals surface area contributed by atoms with Crippen LogP contribution < -0.4 is 0 Å². The standard InChI is InChI=1S/C14H27NO2/c1-6-9-17-12-10-13(2,3)15(7-8-16)14(4,5)11-12/h6,12,16H,1,7-11H2,2-5H3. The van der Waals surface area contributed by atoms with Crippen molar-refractivity contribution in [3.8, 4) is 0 Å². The van der Waals surface area contributed by atoms with Gasteiger partial charge in [-0.3, -0.25) is 4.90 Å². The van der Waals surface area contributed by atoms with Crippen molar-refractivity contribution in [3.63, 3.8) is 0 Å². The van der Waals surface area contributed by atoms with E-state index in [1.54, 1.807) is 6.08 Å². The second kappa shape index (κ2) is 5.51. The zero-order valence-corrected chi connectivity index (χ0v) is 11.7. The third-order valence-corrected chi connectivity index (χ3v) is 3.69. The molecule has 0 unspecified atom stereocenters. The van der Waals surface area contributed by atoms with Crippen LogP contribution in [-0.4, -0.2) is 46.9 Å². The Kier molecular flexibility index (Phi) is 4.76. The van der Waals surface area contributed by atoms with Crippen LogP contribution in [0.15, 0.2) is 12.7 Å². The first kappa shape index (κ1) is 14.7. The highest BCUT2D eigenvalue weighted by Gasteiger charge is 2.45. The molecule has 0 aromatic heterocycles.